The first-order chi connectivity index (χ1) is 12.0. The lowest BCUT2D eigenvalue weighted by atomic mass is 9.95. The number of anilines is 1. The summed E-state index contributed by atoms with van der Waals surface area (Å²) in [6.07, 6.45) is 4.66. The summed E-state index contributed by atoms with van der Waals surface area (Å²) in [6.45, 7) is 4.70. The molecule has 2 aromatic rings. The van der Waals surface area contributed by atoms with Crippen molar-refractivity contribution in [1.29, 1.82) is 0 Å². The molecule has 25 heavy (non-hydrogen) atoms. The Labute approximate surface area is 147 Å². The Hall–Kier alpha value is -2.89. The summed E-state index contributed by atoms with van der Waals surface area (Å²) >= 11 is 0. The van der Waals surface area contributed by atoms with Gasteiger partial charge in [-0.25, -0.2) is 0 Å². The van der Waals surface area contributed by atoms with Crippen LogP contribution in [0.1, 0.15) is 28.0 Å². The van der Waals surface area contributed by atoms with Crippen LogP contribution in [0.25, 0.3) is 0 Å². The van der Waals surface area contributed by atoms with E-state index >= 15 is 0 Å². The van der Waals surface area contributed by atoms with E-state index in [0.29, 0.717) is 18.7 Å². The Morgan fingerprint density at radius 2 is 2.16 bits per heavy atom. The Kier molecular flexibility index (Phi) is 4.70. The van der Waals surface area contributed by atoms with E-state index in [1.165, 1.54) is 6.08 Å². The van der Waals surface area contributed by atoms with Crippen molar-refractivity contribution in [2.24, 2.45) is 7.05 Å². The first-order valence-electron chi connectivity index (χ1n) is 8.31. The third-order valence-electron chi connectivity index (χ3n) is 4.59. The summed E-state index contributed by atoms with van der Waals surface area (Å²) in [5.41, 5.74) is 3.37. The van der Waals surface area contributed by atoms with Crippen LogP contribution in [0.4, 0.5) is 5.69 Å². The van der Waals surface area contributed by atoms with Gasteiger partial charge in [-0.2, -0.15) is 5.10 Å². The molecule has 1 aromatic heterocycles. The van der Waals surface area contributed by atoms with Gasteiger partial charge in [-0.1, -0.05) is 12.6 Å². The maximum Gasteiger partial charge on any atom is 0.254 e. The highest BCUT2D eigenvalue weighted by Gasteiger charge is 2.26. The fraction of sp³-hybridized carbons (Fsp3) is 0.316. The molecule has 1 aliphatic heterocycles. The van der Waals surface area contributed by atoms with Gasteiger partial charge in [0.15, 0.2) is 0 Å². The van der Waals surface area contributed by atoms with Gasteiger partial charge in [-0.05, 0) is 42.7 Å². The van der Waals surface area contributed by atoms with Crippen molar-refractivity contribution in [2.75, 3.05) is 18.5 Å². The first kappa shape index (κ1) is 17.0. The van der Waals surface area contributed by atoms with Crippen LogP contribution in [0.15, 0.2) is 43.1 Å². The Morgan fingerprint density at radius 3 is 2.84 bits per heavy atom. The topological polar surface area (TPSA) is 58.4 Å². The van der Waals surface area contributed by atoms with Crippen LogP contribution in [0.3, 0.4) is 0 Å². The Balaban J connectivity index is 1.90. The fourth-order valence-corrected chi connectivity index (χ4v) is 3.24. The lowest BCUT2D eigenvalue weighted by Crippen LogP contribution is -2.36. The number of aryl methyl sites for hydroxylation is 1. The smallest absolute Gasteiger partial charge is 0.254 e. The summed E-state index contributed by atoms with van der Waals surface area (Å²) in [4.78, 5) is 28.4. The van der Waals surface area contributed by atoms with E-state index in [1.807, 2.05) is 31.3 Å². The minimum Gasteiger partial charge on any atom is -0.336 e. The number of benzene rings is 1. The number of carbonyl (C=O) groups excluding carboxylic acids is 2. The third-order valence-corrected chi connectivity index (χ3v) is 4.59. The number of aromatic nitrogens is 2. The summed E-state index contributed by atoms with van der Waals surface area (Å²) in [7, 11) is 3.64. The molecule has 2 heterocycles. The Morgan fingerprint density at radius 1 is 1.36 bits per heavy atom. The van der Waals surface area contributed by atoms with E-state index in [1.54, 1.807) is 27.7 Å². The maximum absolute atomic E-state index is 13.0. The second-order valence-corrected chi connectivity index (χ2v) is 6.21. The second-order valence-electron chi connectivity index (χ2n) is 6.21. The molecule has 1 aromatic carbocycles. The maximum atomic E-state index is 13.0. The highest BCUT2D eigenvalue weighted by molar-refractivity contribution is 6.04. The van der Waals surface area contributed by atoms with Crippen LogP contribution >= 0.6 is 0 Å². The molecule has 0 atom stereocenters. The van der Waals surface area contributed by atoms with Gasteiger partial charge < -0.3 is 9.80 Å². The van der Waals surface area contributed by atoms with Gasteiger partial charge in [-0.3, -0.25) is 14.3 Å². The van der Waals surface area contributed by atoms with Gasteiger partial charge in [0.05, 0.1) is 12.2 Å². The molecule has 0 bridgehead atoms. The zero-order valence-corrected chi connectivity index (χ0v) is 14.6. The number of carbonyl (C=O) groups is 2. The van der Waals surface area contributed by atoms with E-state index in [2.05, 4.69) is 11.7 Å². The molecule has 0 saturated carbocycles. The van der Waals surface area contributed by atoms with Crippen LogP contribution < -0.4 is 4.90 Å². The lowest BCUT2D eigenvalue weighted by molar-refractivity contribution is -0.114. The first-order valence-corrected chi connectivity index (χ1v) is 8.31. The largest absolute Gasteiger partial charge is 0.336 e. The molecule has 1 aliphatic rings. The molecule has 130 valence electrons. The van der Waals surface area contributed by atoms with Crippen molar-refractivity contribution in [3.63, 3.8) is 0 Å². The second kappa shape index (κ2) is 6.93. The van der Waals surface area contributed by atoms with Crippen molar-refractivity contribution in [1.82, 2.24) is 14.7 Å². The standard InChI is InChI=1S/C19H22N4O2/c1-4-18(24)23-12-6-8-15-16(7-5-9-17(15)23)19(25)21(2)13-14-10-11-20-22(14)3/h4-5,7,9-11H,1,6,8,12-13H2,2-3H3. The van der Waals surface area contributed by atoms with Crippen molar-refractivity contribution in [3.8, 4) is 0 Å². The molecule has 3 rings (SSSR count). The number of hydrogen-bond acceptors (Lipinski definition) is 3. The summed E-state index contributed by atoms with van der Waals surface area (Å²) in [6, 6.07) is 7.46. The molecule has 6 nitrogen and oxygen atoms in total. The molecular weight excluding hydrogens is 316 g/mol. The normalized spacial score (nSPS) is 13.3. The number of fused-ring (bicyclic) bond motifs is 1. The number of nitrogens with zero attached hydrogens (tertiary/aromatic N) is 4. The predicted molar refractivity (Wildman–Crippen MR) is 96.3 cm³/mol. The monoisotopic (exact) mass is 338 g/mol. The molecule has 0 radical (unpaired) electrons. The van der Waals surface area contributed by atoms with E-state index in [9.17, 15) is 9.59 Å². The summed E-state index contributed by atoms with van der Waals surface area (Å²) in [5.74, 6) is -0.181. The predicted octanol–water partition coefficient (Wildman–Crippen LogP) is 2.16. The minimum atomic E-state index is -0.131. The van der Waals surface area contributed by atoms with E-state index in [0.717, 1.165) is 29.8 Å². The van der Waals surface area contributed by atoms with Crippen molar-refractivity contribution < 1.29 is 9.59 Å². The molecule has 0 spiro atoms. The van der Waals surface area contributed by atoms with Gasteiger partial charge >= 0.3 is 0 Å². The lowest BCUT2D eigenvalue weighted by Gasteiger charge is -2.30. The van der Waals surface area contributed by atoms with Crippen LogP contribution in [-0.4, -0.2) is 40.1 Å². The van der Waals surface area contributed by atoms with Crippen molar-refractivity contribution in [2.45, 2.75) is 19.4 Å². The summed E-state index contributed by atoms with van der Waals surface area (Å²) in [5, 5.41) is 4.14. The zero-order chi connectivity index (χ0) is 18.0. The van der Waals surface area contributed by atoms with E-state index in [-0.39, 0.29) is 11.8 Å². The van der Waals surface area contributed by atoms with Crippen molar-refractivity contribution in [3.05, 3.63) is 59.9 Å². The molecule has 0 fully saturated rings. The van der Waals surface area contributed by atoms with E-state index < -0.39 is 0 Å². The highest BCUT2D eigenvalue weighted by Crippen LogP contribution is 2.31. The molecule has 0 unspecified atom stereocenters. The molecule has 0 saturated heterocycles. The molecule has 6 heteroatoms. The molecule has 0 aliphatic carbocycles. The minimum absolute atomic E-state index is 0.0500. The van der Waals surface area contributed by atoms with Crippen LogP contribution in [0.2, 0.25) is 0 Å². The van der Waals surface area contributed by atoms with Gasteiger partial charge in [0.1, 0.15) is 0 Å². The summed E-state index contributed by atoms with van der Waals surface area (Å²) < 4.78 is 1.76. The van der Waals surface area contributed by atoms with E-state index in [4.69, 9.17) is 0 Å². The molecular formula is C19H22N4O2. The number of amides is 2. The van der Waals surface area contributed by atoms with Crippen LogP contribution in [0.5, 0.6) is 0 Å². The van der Waals surface area contributed by atoms with Crippen LogP contribution in [0, 0.1) is 0 Å². The van der Waals surface area contributed by atoms with Gasteiger partial charge in [0, 0.05) is 38.1 Å². The number of rotatable bonds is 4. The average Bonchev–Trinajstić information content (AvgIpc) is 3.04. The molecule has 0 N–H and O–H groups in total. The average molecular weight is 338 g/mol. The van der Waals surface area contributed by atoms with Crippen LogP contribution in [-0.2, 0) is 24.8 Å². The SMILES string of the molecule is C=CC(=O)N1CCCc2c(C(=O)N(C)Cc3ccnn3C)cccc21. The third kappa shape index (κ3) is 3.20. The van der Waals surface area contributed by atoms with Gasteiger partial charge in [0.25, 0.3) is 5.91 Å². The Bertz CT molecular complexity index is 825. The van der Waals surface area contributed by atoms with Crippen molar-refractivity contribution >= 4 is 17.5 Å². The van der Waals surface area contributed by atoms with Gasteiger partial charge in [0.2, 0.25) is 5.91 Å². The highest BCUT2D eigenvalue weighted by atomic mass is 16.2. The quantitative estimate of drug-likeness (QED) is 0.803. The number of hydrogen-bond donors (Lipinski definition) is 0. The fourth-order valence-electron chi connectivity index (χ4n) is 3.24. The molecule has 2 amide bonds. The zero-order valence-electron chi connectivity index (χ0n) is 14.6. The van der Waals surface area contributed by atoms with Gasteiger partial charge in [-0.15, -0.1) is 0 Å².